The standard InChI is InChI=1S/C15H18O2/c1-15(10-8-13(16)11-15)9-7-12-3-5-14(17-2)6-4-12/h3-6,8,10H,7,9,11H2,1-2H3. The lowest BCUT2D eigenvalue weighted by atomic mass is 9.84. The average Bonchev–Trinajstić information content (AvgIpc) is 2.68. The summed E-state index contributed by atoms with van der Waals surface area (Å²) >= 11 is 0. The SMILES string of the molecule is COc1ccc(CCC2(C)C=CC(=O)C2)cc1. The molecule has 0 N–H and O–H groups in total. The van der Waals surface area contributed by atoms with Gasteiger partial charge in [-0.2, -0.15) is 0 Å². The second-order valence-electron chi connectivity index (χ2n) is 4.98. The van der Waals surface area contributed by atoms with Crippen molar-refractivity contribution in [2.24, 2.45) is 5.41 Å². The molecule has 1 unspecified atom stereocenters. The minimum atomic E-state index is 0.0526. The number of rotatable bonds is 4. The van der Waals surface area contributed by atoms with Crippen LogP contribution in [0.2, 0.25) is 0 Å². The van der Waals surface area contributed by atoms with Gasteiger partial charge in [0.15, 0.2) is 5.78 Å². The Morgan fingerprint density at radius 3 is 2.53 bits per heavy atom. The lowest BCUT2D eigenvalue weighted by molar-refractivity contribution is -0.115. The fourth-order valence-electron chi connectivity index (χ4n) is 2.20. The first-order valence-corrected chi connectivity index (χ1v) is 5.96. The van der Waals surface area contributed by atoms with Gasteiger partial charge in [0.25, 0.3) is 0 Å². The Morgan fingerprint density at radius 2 is 2.00 bits per heavy atom. The highest BCUT2D eigenvalue weighted by atomic mass is 16.5. The van der Waals surface area contributed by atoms with E-state index < -0.39 is 0 Å². The summed E-state index contributed by atoms with van der Waals surface area (Å²) in [5, 5.41) is 0. The van der Waals surface area contributed by atoms with Gasteiger partial charge < -0.3 is 4.74 Å². The molecule has 2 nitrogen and oxygen atoms in total. The molecule has 0 spiro atoms. The van der Waals surface area contributed by atoms with Crippen molar-refractivity contribution in [3.8, 4) is 5.75 Å². The Balaban J connectivity index is 1.93. The minimum Gasteiger partial charge on any atom is -0.497 e. The number of allylic oxidation sites excluding steroid dienone is 2. The molecule has 0 saturated carbocycles. The number of hydrogen-bond donors (Lipinski definition) is 0. The van der Waals surface area contributed by atoms with Gasteiger partial charge in [0.1, 0.15) is 5.75 Å². The fourth-order valence-corrected chi connectivity index (χ4v) is 2.20. The van der Waals surface area contributed by atoms with Crippen molar-refractivity contribution >= 4 is 5.78 Å². The quantitative estimate of drug-likeness (QED) is 0.794. The zero-order valence-corrected chi connectivity index (χ0v) is 10.4. The molecular formula is C15H18O2. The summed E-state index contributed by atoms with van der Waals surface area (Å²) in [5.74, 6) is 1.14. The summed E-state index contributed by atoms with van der Waals surface area (Å²) in [7, 11) is 1.67. The number of carbonyl (C=O) groups is 1. The van der Waals surface area contributed by atoms with Crippen LogP contribution in [-0.2, 0) is 11.2 Å². The first kappa shape index (κ1) is 11.9. The van der Waals surface area contributed by atoms with E-state index in [2.05, 4.69) is 25.1 Å². The Hall–Kier alpha value is -1.57. The molecule has 0 heterocycles. The zero-order valence-electron chi connectivity index (χ0n) is 10.4. The van der Waals surface area contributed by atoms with Crippen LogP contribution in [0.25, 0.3) is 0 Å². The number of methoxy groups -OCH3 is 1. The van der Waals surface area contributed by atoms with Crippen LogP contribution in [0.1, 0.15) is 25.3 Å². The van der Waals surface area contributed by atoms with Crippen molar-refractivity contribution in [2.45, 2.75) is 26.2 Å². The van der Waals surface area contributed by atoms with Crippen LogP contribution in [-0.4, -0.2) is 12.9 Å². The molecule has 2 heteroatoms. The van der Waals surface area contributed by atoms with Gasteiger partial charge in [-0.1, -0.05) is 25.1 Å². The molecule has 0 radical (unpaired) electrons. The topological polar surface area (TPSA) is 26.3 Å². The largest absolute Gasteiger partial charge is 0.497 e. The van der Waals surface area contributed by atoms with E-state index in [9.17, 15) is 4.79 Å². The Kier molecular flexibility index (Phi) is 3.32. The molecule has 1 aromatic carbocycles. The molecule has 0 saturated heterocycles. The van der Waals surface area contributed by atoms with Gasteiger partial charge >= 0.3 is 0 Å². The Morgan fingerprint density at radius 1 is 1.29 bits per heavy atom. The van der Waals surface area contributed by atoms with E-state index in [1.165, 1.54) is 5.56 Å². The maximum Gasteiger partial charge on any atom is 0.156 e. The highest BCUT2D eigenvalue weighted by molar-refractivity contribution is 5.92. The van der Waals surface area contributed by atoms with Crippen molar-refractivity contribution in [1.82, 2.24) is 0 Å². The monoisotopic (exact) mass is 230 g/mol. The summed E-state index contributed by atoms with van der Waals surface area (Å²) in [5.41, 5.74) is 1.34. The zero-order chi connectivity index (χ0) is 12.3. The van der Waals surface area contributed by atoms with Gasteiger partial charge in [0, 0.05) is 6.42 Å². The van der Waals surface area contributed by atoms with Gasteiger partial charge in [-0.25, -0.2) is 0 Å². The second-order valence-corrected chi connectivity index (χ2v) is 4.98. The van der Waals surface area contributed by atoms with Crippen LogP contribution < -0.4 is 4.74 Å². The second kappa shape index (κ2) is 4.74. The average molecular weight is 230 g/mol. The van der Waals surface area contributed by atoms with Gasteiger partial charge in [0.05, 0.1) is 7.11 Å². The van der Waals surface area contributed by atoms with E-state index in [0.717, 1.165) is 18.6 Å². The van der Waals surface area contributed by atoms with Gasteiger partial charge in [-0.3, -0.25) is 4.79 Å². The van der Waals surface area contributed by atoms with E-state index in [0.29, 0.717) is 6.42 Å². The number of carbonyl (C=O) groups excluding carboxylic acids is 1. The number of ether oxygens (including phenoxy) is 1. The van der Waals surface area contributed by atoms with Crippen LogP contribution >= 0.6 is 0 Å². The maximum atomic E-state index is 11.3. The molecule has 0 bridgehead atoms. The number of benzene rings is 1. The molecule has 0 aromatic heterocycles. The summed E-state index contributed by atoms with van der Waals surface area (Å²) in [6.45, 7) is 2.15. The highest BCUT2D eigenvalue weighted by Gasteiger charge is 2.28. The molecule has 0 aliphatic heterocycles. The van der Waals surface area contributed by atoms with Crippen molar-refractivity contribution in [2.75, 3.05) is 7.11 Å². The normalized spacial score (nSPS) is 23.1. The van der Waals surface area contributed by atoms with Crippen LogP contribution in [0, 0.1) is 5.41 Å². The molecule has 0 fully saturated rings. The van der Waals surface area contributed by atoms with Crippen LogP contribution in [0.5, 0.6) is 5.75 Å². The fraction of sp³-hybridized carbons (Fsp3) is 0.400. The van der Waals surface area contributed by atoms with E-state index in [4.69, 9.17) is 4.74 Å². The van der Waals surface area contributed by atoms with E-state index >= 15 is 0 Å². The highest BCUT2D eigenvalue weighted by Crippen LogP contribution is 2.34. The van der Waals surface area contributed by atoms with Crippen molar-refractivity contribution in [3.63, 3.8) is 0 Å². The first-order valence-electron chi connectivity index (χ1n) is 5.96. The van der Waals surface area contributed by atoms with Crippen LogP contribution in [0.3, 0.4) is 0 Å². The summed E-state index contributed by atoms with van der Waals surface area (Å²) in [6, 6.07) is 8.13. The van der Waals surface area contributed by atoms with Gasteiger partial charge in [-0.05, 0) is 42.0 Å². The van der Waals surface area contributed by atoms with Gasteiger partial charge in [0.2, 0.25) is 0 Å². The third-order valence-electron chi connectivity index (χ3n) is 3.39. The van der Waals surface area contributed by atoms with E-state index in [-0.39, 0.29) is 11.2 Å². The molecule has 1 aliphatic carbocycles. The summed E-state index contributed by atoms with van der Waals surface area (Å²) in [4.78, 5) is 11.3. The molecule has 0 amide bonds. The van der Waals surface area contributed by atoms with E-state index in [1.807, 2.05) is 12.1 Å². The van der Waals surface area contributed by atoms with Crippen molar-refractivity contribution in [3.05, 3.63) is 42.0 Å². The Labute approximate surface area is 102 Å². The van der Waals surface area contributed by atoms with Crippen LogP contribution in [0.4, 0.5) is 0 Å². The summed E-state index contributed by atoms with van der Waals surface area (Å²) < 4.78 is 5.13. The molecule has 2 rings (SSSR count). The number of ketones is 1. The summed E-state index contributed by atoms with van der Waals surface area (Å²) in [6.07, 6.45) is 6.44. The van der Waals surface area contributed by atoms with Crippen molar-refractivity contribution in [1.29, 1.82) is 0 Å². The third kappa shape index (κ3) is 2.96. The predicted molar refractivity (Wildman–Crippen MR) is 68.2 cm³/mol. The Bertz CT molecular complexity index is 431. The lowest BCUT2D eigenvalue weighted by Crippen LogP contribution is -2.13. The molecular weight excluding hydrogens is 212 g/mol. The van der Waals surface area contributed by atoms with E-state index in [1.54, 1.807) is 13.2 Å². The van der Waals surface area contributed by atoms with Crippen molar-refractivity contribution < 1.29 is 9.53 Å². The molecule has 1 aromatic rings. The predicted octanol–water partition coefficient (Wildman–Crippen LogP) is 3.16. The van der Waals surface area contributed by atoms with Crippen LogP contribution in [0.15, 0.2) is 36.4 Å². The first-order chi connectivity index (χ1) is 8.11. The smallest absolute Gasteiger partial charge is 0.156 e. The minimum absolute atomic E-state index is 0.0526. The molecule has 1 atom stereocenters. The third-order valence-corrected chi connectivity index (χ3v) is 3.39. The molecule has 90 valence electrons. The van der Waals surface area contributed by atoms with Gasteiger partial charge in [-0.15, -0.1) is 0 Å². The number of aryl methyl sites for hydroxylation is 1. The lowest BCUT2D eigenvalue weighted by Gasteiger charge is -2.20. The molecule has 17 heavy (non-hydrogen) atoms. The molecule has 1 aliphatic rings. The maximum absolute atomic E-state index is 11.3. The number of hydrogen-bond acceptors (Lipinski definition) is 2.